The molecule has 24 heavy (non-hydrogen) atoms. The Bertz CT molecular complexity index is 712. The molecule has 1 aliphatic rings. The maximum absolute atomic E-state index is 12.5. The van der Waals surface area contributed by atoms with Crippen LogP contribution < -0.4 is 4.74 Å². The van der Waals surface area contributed by atoms with Crippen LogP contribution in [0.5, 0.6) is 5.75 Å². The number of amides is 1. The van der Waals surface area contributed by atoms with Gasteiger partial charge in [0.2, 0.25) is 0 Å². The number of nitrogens with zero attached hydrogens (tertiary/aromatic N) is 1. The first-order valence-electron chi connectivity index (χ1n) is 7.96. The molecule has 5 nitrogen and oxygen atoms in total. The van der Waals surface area contributed by atoms with E-state index in [1.54, 1.807) is 12.1 Å². The van der Waals surface area contributed by atoms with Crippen LogP contribution in [0, 0.1) is 0 Å². The summed E-state index contributed by atoms with van der Waals surface area (Å²) >= 11 is 0. The predicted octanol–water partition coefficient (Wildman–Crippen LogP) is 2.95. The Morgan fingerprint density at radius 1 is 1.08 bits per heavy atom. The molecule has 1 heterocycles. The van der Waals surface area contributed by atoms with Gasteiger partial charge in [-0.25, -0.2) is 4.79 Å². The standard InChI is InChI=1S/C19H19NO4/c21-18(20-12-4-7-17(20)19(22)23)15-10-8-14(9-11-15)13-24-16-5-2-1-3-6-16/h1-3,5-6,8-11,17H,4,7,12-13H2,(H,22,23). The van der Waals surface area contributed by atoms with Gasteiger partial charge in [0.1, 0.15) is 18.4 Å². The van der Waals surface area contributed by atoms with Crippen molar-refractivity contribution in [3.63, 3.8) is 0 Å². The first kappa shape index (κ1) is 16.1. The molecule has 0 aliphatic carbocycles. The Morgan fingerprint density at radius 3 is 2.46 bits per heavy atom. The van der Waals surface area contributed by atoms with Gasteiger partial charge in [0.15, 0.2) is 0 Å². The molecule has 1 atom stereocenters. The lowest BCUT2D eigenvalue weighted by Crippen LogP contribution is -2.40. The summed E-state index contributed by atoms with van der Waals surface area (Å²) in [6.07, 6.45) is 1.25. The number of para-hydroxylation sites is 1. The first-order valence-corrected chi connectivity index (χ1v) is 7.96. The molecule has 0 spiro atoms. The van der Waals surface area contributed by atoms with E-state index in [0.29, 0.717) is 25.1 Å². The average molecular weight is 325 g/mol. The molecule has 0 aromatic heterocycles. The van der Waals surface area contributed by atoms with Crippen molar-refractivity contribution in [2.45, 2.75) is 25.5 Å². The minimum atomic E-state index is -0.936. The number of carboxylic acids is 1. The summed E-state index contributed by atoms with van der Waals surface area (Å²) in [6.45, 7) is 0.911. The molecule has 1 fully saturated rings. The van der Waals surface area contributed by atoms with Crippen LogP contribution in [0.2, 0.25) is 0 Å². The lowest BCUT2D eigenvalue weighted by atomic mass is 10.1. The number of ether oxygens (including phenoxy) is 1. The lowest BCUT2D eigenvalue weighted by Gasteiger charge is -2.21. The highest BCUT2D eigenvalue weighted by Crippen LogP contribution is 2.21. The van der Waals surface area contributed by atoms with E-state index in [1.165, 1.54) is 4.90 Å². The number of carbonyl (C=O) groups is 2. The van der Waals surface area contributed by atoms with Gasteiger partial charge in [0.25, 0.3) is 5.91 Å². The summed E-state index contributed by atoms with van der Waals surface area (Å²) in [6, 6.07) is 15.9. The van der Waals surface area contributed by atoms with Gasteiger partial charge in [0, 0.05) is 12.1 Å². The SMILES string of the molecule is O=C(O)C1CCCN1C(=O)c1ccc(COc2ccccc2)cc1. The Kier molecular flexibility index (Phi) is 4.79. The predicted molar refractivity (Wildman–Crippen MR) is 88.9 cm³/mol. The summed E-state index contributed by atoms with van der Waals surface area (Å²) in [4.78, 5) is 25.1. The van der Waals surface area contributed by atoms with Gasteiger partial charge < -0.3 is 14.7 Å². The molecule has 0 radical (unpaired) electrons. The van der Waals surface area contributed by atoms with Crippen molar-refractivity contribution >= 4 is 11.9 Å². The number of aliphatic carboxylic acids is 1. The van der Waals surface area contributed by atoms with Crippen LogP contribution in [0.25, 0.3) is 0 Å². The molecule has 2 aromatic carbocycles. The zero-order valence-electron chi connectivity index (χ0n) is 13.2. The fraction of sp³-hybridized carbons (Fsp3) is 0.263. The van der Waals surface area contributed by atoms with Crippen LogP contribution in [0.3, 0.4) is 0 Å². The van der Waals surface area contributed by atoms with Gasteiger partial charge in [-0.15, -0.1) is 0 Å². The van der Waals surface area contributed by atoms with Crippen molar-refractivity contribution in [1.82, 2.24) is 4.90 Å². The minimum Gasteiger partial charge on any atom is -0.489 e. The van der Waals surface area contributed by atoms with Crippen LogP contribution >= 0.6 is 0 Å². The smallest absolute Gasteiger partial charge is 0.326 e. The molecule has 1 N–H and O–H groups in total. The first-order chi connectivity index (χ1) is 11.6. The van der Waals surface area contributed by atoms with Crippen molar-refractivity contribution < 1.29 is 19.4 Å². The molecule has 0 bridgehead atoms. The van der Waals surface area contributed by atoms with E-state index in [2.05, 4.69) is 0 Å². The largest absolute Gasteiger partial charge is 0.489 e. The normalized spacial score (nSPS) is 16.8. The maximum atomic E-state index is 12.5. The number of hydrogen-bond donors (Lipinski definition) is 1. The van der Waals surface area contributed by atoms with E-state index in [-0.39, 0.29) is 5.91 Å². The second kappa shape index (κ2) is 7.17. The summed E-state index contributed by atoms with van der Waals surface area (Å²) in [5, 5.41) is 9.19. The Balaban J connectivity index is 1.63. The number of carbonyl (C=O) groups excluding carboxylic acids is 1. The van der Waals surface area contributed by atoms with E-state index < -0.39 is 12.0 Å². The van der Waals surface area contributed by atoms with Crippen molar-refractivity contribution in [2.75, 3.05) is 6.54 Å². The third-order valence-electron chi connectivity index (χ3n) is 4.15. The number of hydrogen-bond acceptors (Lipinski definition) is 3. The van der Waals surface area contributed by atoms with Gasteiger partial charge in [-0.3, -0.25) is 4.79 Å². The highest BCUT2D eigenvalue weighted by atomic mass is 16.5. The quantitative estimate of drug-likeness (QED) is 0.918. The van der Waals surface area contributed by atoms with E-state index in [4.69, 9.17) is 4.74 Å². The van der Waals surface area contributed by atoms with E-state index >= 15 is 0 Å². The number of likely N-dealkylation sites (tertiary alicyclic amines) is 1. The Hall–Kier alpha value is -2.82. The Labute approximate surface area is 140 Å². The van der Waals surface area contributed by atoms with Gasteiger partial charge in [-0.2, -0.15) is 0 Å². The van der Waals surface area contributed by atoms with E-state index in [9.17, 15) is 14.7 Å². The highest BCUT2D eigenvalue weighted by molar-refractivity contribution is 5.97. The van der Waals surface area contributed by atoms with Gasteiger partial charge in [-0.05, 0) is 42.7 Å². The van der Waals surface area contributed by atoms with Gasteiger partial charge >= 0.3 is 5.97 Å². The third-order valence-corrected chi connectivity index (χ3v) is 4.15. The monoisotopic (exact) mass is 325 g/mol. The van der Waals surface area contributed by atoms with Crippen molar-refractivity contribution in [3.8, 4) is 5.75 Å². The molecule has 2 aromatic rings. The van der Waals surface area contributed by atoms with Crippen LogP contribution in [-0.2, 0) is 11.4 Å². The van der Waals surface area contributed by atoms with Crippen molar-refractivity contribution in [2.24, 2.45) is 0 Å². The van der Waals surface area contributed by atoms with Crippen LogP contribution in [0.1, 0.15) is 28.8 Å². The zero-order valence-corrected chi connectivity index (χ0v) is 13.2. The maximum Gasteiger partial charge on any atom is 0.326 e. The highest BCUT2D eigenvalue weighted by Gasteiger charge is 2.34. The van der Waals surface area contributed by atoms with Crippen LogP contribution in [0.4, 0.5) is 0 Å². The molecular formula is C19H19NO4. The summed E-state index contributed by atoms with van der Waals surface area (Å²) in [5.74, 6) is -0.372. The minimum absolute atomic E-state index is 0.226. The van der Waals surface area contributed by atoms with Gasteiger partial charge in [0.05, 0.1) is 0 Å². The molecule has 1 saturated heterocycles. The molecule has 1 unspecified atom stereocenters. The summed E-state index contributed by atoms with van der Waals surface area (Å²) in [5.41, 5.74) is 1.46. The van der Waals surface area contributed by atoms with Crippen LogP contribution in [0.15, 0.2) is 54.6 Å². The van der Waals surface area contributed by atoms with Crippen molar-refractivity contribution in [1.29, 1.82) is 0 Å². The van der Waals surface area contributed by atoms with Gasteiger partial charge in [-0.1, -0.05) is 30.3 Å². The number of carboxylic acid groups (broad SMARTS) is 1. The third kappa shape index (κ3) is 3.56. The molecular weight excluding hydrogens is 306 g/mol. The fourth-order valence-corrected chi connectivity index (χ4v) is 2.86. The van der Waals surface area contributed by atoms with E-state index in [1.807, 2.05) is 42.5 Å². The molecule has 5 heteroatoms. The average Bonchev–Trinajstić information content (AvgIpc) is 3.11. The summed E-state index contributed by atoms with van der Waals surface area (Å²) < 4.78 is 5.67. The van der Waals surface area contributed by atoms with E-state index in [0.717, 1.165) is 17.7 Å². The zero-order chi connectivity index (χ0) is 16.9. The summed E-state index contributed by atoms with van der Waals surface area (Å²) in [7, 11) is 0. The number of benzene rings is 2. The molecule has 1 aliphatic heterocycles. The topological polar surface area (TPSA) is 66.8 Å². The fourth-order valence-electron chi connectivity index (χ4n) is 2.86. The Morgan fingerprint density at radius 2 is 1.79 bits per heavy atom. The lowest BCUT2D eigenvalue weighted by molar-refractivity contribution is -0.141. The molecule has 0 saturated carbocycles. The van der Waals surface area contributed by atoms with Crippen molar-refractivity contribution in [3.05, 3.63) is 65.7 Å². The molecule has 124 valence electrons. The van der Waals surface area contributed by atoms with Crippen LogP contribution in [-0.4, -0.2) is 34.5 Å². The molecule has 3 rings (SSSR count). The number of rotatable bonds is 5. The second-order valence-electron chi connectivity index (χ2n) is 5.79. The molecule has 1 amide bonds. The second-order valence-corrected chi connectivity index (χ2v) is 5.79.